The van der Waals surface area contributed by atoms with Crippen LogP contribution in [-0.2, 0) is 9.47 Å². The van der Waals surface area contributed by atoms with E-state index in [1.54, 1.807) is 14.2 Å². The quantitative estimate of drug-likeness (QED) is 0.815. The summed E-state index contributed by atoms with van der Waals surface area (Å²) in [5.74, 6) is 1.89. The Morgan fingerprint density at radius 1 is 1.22 bits per heavy atom. The Hall–Kier alpha value is -2.33. The minimum absolute atomic E-state index is 0.105. The molecule has 1 aromatic carbocycles. The highest BCUT2D eigenvalue weighted by atomic mass is 16.6. The number of methoxy groups -OCH3 is 2. The Morgan fingerprint density at radius 3 is 2.91 bits per heavy atom. The van der Waals surface area contributed by atoms with E-state index in [9.17, 15) is 0 Å². The number of pyridine rings is 1. The molecule has 2 heterocycles. The Kier molecular flexibility index (Phi) is 3.54. The fourth-order valence-electron chi connectivity index (χ4n) is 3.34. The van der Waals surface area contributed by atoms with E-state index < -0.39 is 0 Å². The molecule has 0 spiro atoms. The van der Waals surface area contributed by atoms with E-state index in [2.05, 4.69) is 41.0 Å². The van der Waals surface area contributed by atoms with Gasteiger partial charge in [0.05, 0.1) is 18.3 Å². The first-order valence-corrected chi connectivity index (χ1v) is 7.90. The van der Waals surface area contributed by atoms with Crippen molar-refractivity contribution in [2.24, 2.45) is 0 Å². The molecule has 1 aliphatic carbocycles. The second kappa shape index (κ2) is 5.70. The number of aromatic nitrogens is 1. The lowest BCUT2D eigenvalue weighted by atomic mass is 10.00. The summed E-state index contributed by atoms with van der Waals surface area (Å²) in [5.41, 5.74) is 2.27. The van der Waals surface area contributed by atoms with Crippen LogP contribution < -0.4 is 9.30 Å². The summed E-state index contributed by atoms with van der Waals surface area (Å²) in [4.78, 5) is 0. The van der Waals surface area contributed by atoms with E-state index in [-0.39, 0.29) is 6.23 Å². The molecular formula is C19H20NO3+. The summed E-state index contributed by atoms with van der Waals surface area (Å²) in [5, 5.41) is 2.28. The van der Waals surface area contributed by atoms with Crippen LogP contribution in [0.3, 0.4) is 0 Å². The molecule has 0 saturated carbocycles. The molecule has 118 valence electrons. The van der Waals surface area contributed by atoms with Crippen molar-refractivity contribution in [1.82, 2.24) is 0 Å². The largest absolute Gasteiger partial charge is 0.501 e. The van der Waals surface area contributed by atoms with E-state index in [0.717, 1.165) is 41.1 Å². The van der Waals surface area contributed by atoms with Crippen LogP contribution in [0.5, 0.6) is 5.88 Å². The van der Waals surface area contributed by atoms with Gasteiger partial charge in [-0.15, -0.1) is 4.57 Å². The fourth-order valence-corrected chi connectivity index (χ4v) is 3.34. The van der Waals surface area contributed by atoms with E-state index in [1.807, 2.05) is 6.07 Å². The predicted octanol–water partition coefficient (Wildman–Crippen LogP) is 3.37. The molecule has 0 saturated heterocycles. The highest BCUT2D eigenvalue weighted by molar-refractivity contribution is 5.88. The van der Waals surface area contributed by atoms with Gasteiger partial charge in [0.15, 0.2) is 6.61 Å². The second-order valence-corrected chi connectivity index (χ2v) is 5.81. The summed E-state index contributed by atoms with van der Waals surface area (Å²) in [7, 11) is 3.45. The fraction of sp³-hybridized carbons (Fsp3) is 0.316. The molecule has 1 aromatic heterocycles. The third-order valence-electron chi connectivity index (χ3n) is 4.51. The van der Waals surface area contributed by atoms with Gasteiger partial charge in [0.1, 0.15) is 0 Å². The zero-order valence-corrected chi connectivity index (χ0v) is 13.4. The van der Waals surface area contributed by atoms with Crippen molar-refractivity contribution >= 4 is 16.3 Å². The molecule has 0 fully saturated rings. The highest BCUT2D eigenvalue weighted by Crippen LogP contribution is 2.33. The minimum Gasteiger partial charge on any atom is -0.501 e. The number of ether oxygens (including phenoxy) is 3. The van der Waals surface area contributed by atoms with Gasteiger partial charge in [0.2, 0.25) is 5.69 Å². The van der Waals surface area contributed by atoms with Crippen molar-refractivity contribution in [2.75, 3.05) is 20.8 Å². The molecule has 1 aliphatic heterocycles. The molecule has 23 heavy (non-hydrogen) atoms. The lowest BCUT2D eigenvalue weighted by Gasteiger charge is -2.13. The summed E-state index contributed by atoms with van der Waals surface area (Å²) < 4.78 is 19.2. The molecule has 4 heteroatoms. The van der Waals surface area contributed by atoms with Gasteiger partial charge in [-0.3, -0.25) is 0 Å². The standard InChI is InChI=1S/C19H20NO3/c1-21-15-8-5-7-14(10-15)17-11-13-6-3-4-9-16(13)19-20(17)18(22-2)12-23-19/h3-4,6-7,9-11,18H,5,8,12H2,1-2H3/q+1. The van der Waals surface area contributed by atoms with Gasteiger partial charge in [0, 0.05) is 25.2 Å². The molecular weight excluding hydrogens is 290 g/mol. The average Bonchev–Trinajstić information content (AvgIpc) is 3.05. The normalized spacial score (nSPS) is 19.8. The van der Waals surface area contributed by atoms with Crippen LogP contribution in [0, 0.1) is 0 Å². The SMILES string of the molecule is COC1=CC(c2cc3ccccc3c3[n+]2C(OC)CO3)=CCC1. The topological polar surface area (TPSA) is 31.6 Å². The Bertz CT molecular complexity index is 823. The molecule has 0 amide bonds. The number of rotatable bonds is 3. The van der Waals surface area contributed by atoms with Crippen LogP contribution in [0.1, 0.15) is 24.8 Å². The van der Waals surface area contributed by atoms with Crippen LogP contribution in [0.4, 0.5) is 0 Å². The van der Waals surface area contributed by atoms with E-state index in [4.69, 9.17) is 14.2 Å². The number of allylic oxidation sites excluding steroid dienone is 4. The van der Waals surface area contributed by atoms with Crippen molar-refractivity contribution in [3.05, 3.63) is 53.9 Å². The molecule has 1 unspecified atom stereocenters. The molecule has 4 nitrogen and oxygen atoms in total. The van der Waals surface area contributed by atoms with Crippen molar-refractivity contribution in [3.8, 4) is 5.88 Å². The van der Waals surface area contributed by atoms with Crippen LogP contribution in [0.15, 0.2) is 48.2 Å². The number of nitrogens with zero attached hydrogens (tertiary/aromatic N) is 1. The zero-order valence-electron chi connectivity index (χ0n) is 13.4. The molecule has 0 bridgehead atoms. The molecule has 0 N–H and O–H groups in total. The average molecular weight is 310 g/mol. The van der Waals surface area contributed by atoms with Gasteiger partial charge >= 0.3 is 12.1 Å². The van der Waals surface area contributed by atoms with Crippen LogP contribution in [-0.4, -0.2) is 20.8 Å². The van der Waals surface area contributed by atoms with Crippen molar-refractivity contribution in [2.45, 2.75) is 19.1 Å². The number of hydrogen-bond acceptors (Lipinski definition) is 3. The smallest absolute Gasteiger partial charge is 0.379 e. The lowest BCUT2D eigenvalue weighted by Crippen LogP contribution is -2.41. The van der Waals surface area contributed by atoms with Crippen LogP contribution in [0.25, 0.3) is 16.3 Å². The van der Waals surface area contributed by atoms with Crippen molar-refractivity contribution < 1.29 is 18.8 Å². The third kappa shape index (κ3) is 2.30. The summed E-state index contributed by atoms with van der Waals surface area (Å²) >= 11 is 0. The maximum atomic E-state index is 5.96. The Balaban J connectivity index is 1.96. The summed E-state index contributed by atoms with van der Waals surface area (Å²) in [6.07, 6.45) is 6.20. The zero-order chi connectivity index (χ0) is 15.8. The van der Waals surface area contributed by atoms with Gasteiger partial charge in [0.25, 0.3) is 0 Å². The van der Waals surface area contributed by atoms with Gasteiger partial charge in [-0.1, -0.05) is 24.3 Å². The Morgan fingerprint density at radius 2 is 2.09 bits per heavy atom. The number of fused-ring (bicyclic) bond motifs is 3. The van der Waals surface area contributed by atoms with E-state index >= 15 is 0 Å². The van der Waals surface area contributed by atoms with Gasteiger partial charge in [-0.2, -0.15) is 0 Å². The minimum atomic E-state index is -0.105. The number of hydrogen-bond donors (Lipinski definition) is 0. The van der Waals surface area contributed by atoms with Crippen LogP contribution in [0.2, 0.25) is 0 Å². The summed E-state index contributed by atoms with van der Waals surface area (Å²) in [6.45, 7) is 0.533. The number of benzene rings is 1. The highest BCUT2D eigenvalue weighted by Gasteiger charge is 2.38. The first kappa shape index (κ1) is 14.3. The maximum absolute atomic E-state index is 5.96. The van der Waals surface area contributed by atoms with Gasteiger partial charge < -0.3 is 14.2 Å². The predicted molar refractivity (Wildman–Crippen MR) is 88.0 cm³/mol. The monoisotopic (exact) mass is 310 g/mol. The third-order valence-corrected chi connectivity index (χ3v) is 4.51. The molecule has 2 aromatic rings. The van der Waals surface area contributed by atoms with Crippen molar-refractivity contribution in [3.63, 3.8) is 0 Å². The van der Waals surface area contributed by atoms with Crippen molar-refractivity contribution in [1.29, 1.82) is 0 Å². The molecule has 0 radical (unpaired) electrons. The molecule has 2 aliphatic rings. The molecule has 4 rings (SSSR count). The Labute approximate surface area is 135 Å². The first-order chi connectivity index (χ1) is 11.3. The van der Waals surface area contributed by atoms with E-state index in [1.165, 1.54) is 5.39 Å². The second-order valence-electron chi connectivity index (χ2n) is 5.81. The lowest BCUT2D eigenvalue weighted by molar-refractivity contribution is -0.743. The summed E-state index contributed by atoms with van der Waals surface area (Å²) in [6, 6.07) is 10.5. The maximum Gasteiger partial charge on any atom is 0.379 e. The van der Waals surface area contributed by atoms with E-state index in [0.29, 0.717) is 6.61 Å². The molecule has 1 atom stereocenters. The van der Waals surface area contributed by atoms with Gasteiger partial charge in [-0.05, 0) is 23.9 Å². The first-order valence-electron chi connectivity index (χ1n) is 7.90. The van der Waals surface area contributed by atoms with Gasteiger partial charge in [-0.25, -0.2) is 0 Å². The van der Waals surface area contributed by atoms with Crippen LogP contribution >= 0.6 is 0 Å².